The van der Waals surface area contributed by atoms with E-state index in [1.165, 1.54) is 13.3 Å². The van der Waals surface area contributed by atoms with E-state index in [1.807, 2.05) is 96.9 Å². The van der Waals surface area contributed by atoms with Crippen LogP contribution in [0.15, 0.2) is 0 Å². The monoisotopic (exact) mass is 2620 g/mol. The Bertz CT molecular complexity index is 2430. The van der Waals surface area contributed by atoms with E-state index >= 15 is 0 Å². The van der Waals surface area contributed by atoms with Crippen molar-refractivity contribution in [2.75, 3.05) is 291 Å². The fourth-order valence-corrected chi connectivity index (χ4v) is 15.0. The van der Waals surface area contributed by atoms with Gasteiger partial charge < -0.3 is 124 Å². The Labute approximate surface area is 1020 Å². The van der Waals surface area contributed by atoms with Gasteiger partial charge >= 0.3 is 0 Å². The number of rotatable bonds is 91. The molecule has 0 bridgehead atoms. The molecule has 0 aliphatic heterocycles. The summed E-state index contributed by atoms with van der Waals surface area (Å²) in [6, 6.07) is 0. The van der Waals surface area contributed by atoms with Crippen molar-refractivity contribution in [3.63, 3.8) is 0 Å². The normalized spacial score (nSPS) is 12.0. The Morgan fingerprint density at radius 2 is 0.482 bits per heavy atom. The summed E-state index contributed by atoms with van der Waals surface area (Å²) in [5.41, 5.74) is -0.867. The molecule has 3 amide bonds. The van der Waals surface area contributed by atoms with Crippen molar-refractivity contribution in [1.82, 2.24) is 16.0 Å². The molecule has 0 saturated heterocycles. The molecule has 0 aromatic carbocycles. The van der Waals surface area contributed by atoms with Crippen molar-refractivity contribution in [2.24, 2.45) is 5.41 Å². The Kier molecular flexibility index (Phi) is 202. The van der Waals surface area contributed by atoms with Crippen LogP contribution in [0.2, 0.25) is 0 Å². The van der Waals surface area contributed by atoms with Gasteiger partial charge in [-0.25, -0.2) is 0 Å². The van der Waals surface area contributed by atoms with Crippen molar-refractivity contribution in [3.05, 3.63) is 0 Å². The summed E-state index contributed by atoms with van der Waals surface area (Å²) in [6.45, 7) is 59.0. The van der Waals surface area contributed by atoms with Gasteiger partial charge in [-0.1, -0.05) is 44.6 Å². The van der Waals surface area contributed by atoms with Crippen LogP contribution in [0.3, 0.4) is 0 Å². The van der Waals surface area contributed by atoms with E-state index in [1.54, 1.807) is 26.7 Å². The van der Waals surface area contributed by atoms with Crippen molar-refractivity contribution >= 4 is 65.9 Å². The Morgan fingerprint density at radius 3 is 0.759 bits per heavy atom. The molecule has 7 unspecified atom stereocenters. The van der Waals surface area contributed by atoms with Crippen LogP contribution in [0.4, 0.5) is 0 Å². The number of ether oxygens (including phenoxy) is 17. The van der Waals surface area contributed by atoms with Gasteiger partial charge in [-0.15, -0.1) is 0 Å². The third-order valence-corrected chi connectivity index (χ3v) is 21.4. The van der Waals surface area contributed by atoms with Gasteiger partial charge in [0.1, 0.15) is 12.7 Å². The summed E-state index contributed by atoms with van der Waals surface area (Å²) in [4.78, 5) is 36.1. The standard InChI is InChI=1S/C21H45O8P.C19H40NO6P.C18H37N2O6P.C12H27O4P.C10H23O4P.C8H19O4P.6CH4.6Y/c1-5-23-11-8-14-26-17-21(20-29-30(4)22,18-27-15-9-12-24-6-2)19-28-16-10-13-25-7-3;1-5-23-14-8-11-19(12-9-15-24-6-2,13-10-16-25-7-3)20-18(21)17-26-27(4)22;1-4-24-12-8-6-10-17(21)19-14-16(26-27(3)23)15-20-18(22)11-7-9-13-25-5-2;1-4-14-10-6-8-12(16-17(3)13)9-7-11-15-5-2;1-4-12-8-6-7-10(9-13-5-2)14-15(3)11;1-4-10-6-8(7-11-5-2)12-13(3)9;;;;;;;;;;;;/h30H,5-20H2,1-4H3;27H,5-17H2,1-4H3,(H,20,21);16,27H,4-15H2,1-3H3,(H,19,21)(H,20,22);12,17H,4-11H2,1-3H3;10,15H,4-9H2,1-3H3;8,13H,4-7H2,1-3H3;6*1H4;;;;;;. The maximum Gasteiger partial charge on any atom is 0.246 e. The maximum absolute atomic E-state index is 12.4. The first kappa shape index (κ1) is 188. The van der Waals surface area contributed by atoms with Gasteiger partial charge in [-0.2, -0.15) is 0 Å². The first-order chi connectivity index (χ1) is 62.2. The topological polar surface area (TPSA) is 402 Å². The van der Waals surface area contributed by atoms with Crippen LogP contribution in [-0.4, -0.2) is 339 Å². The molecule has 6 radical (unpaired) electrons. The maximum atomic E-state index is 12.4. The summed E-state index contributed by atoms with van der Waals surface area (Å²) in [6.07, 6.45) is 16.3. The fourth-order valence-electron chi connectivity index (χ4n) is 11.6. The van der Waals surface area contributed by atoms with E-state index in [0.717, 1.165) is 162 Å². The zero-order valence-electron chi connectivity index (χ0n) is 87.6. The molecule has 0 spiro atoms. The van der Waals surface area contributed by atoms with Crippen LogP contribution < -0.4 is 16.0 Å². The summed E-state index contributed by atoms with van der Waals surface area (Å²) in [5, 5.41) is 8.71. The smallest absolute Gasteiger partial charge is 0.246 e. The number of hydrogen-bond donors (Lipinski definition) is 3. The third-order valence-electron chi connectivity index (χ3n) is 17.7. The third kappa shape index (κ3) is 154. The average molecular weight is 2620 g/mol. The van der Waals surface area contributed by atoms with Crippen LogP contribution in [-0.2, 0) is 346 Å². The van der Waals surface area contributed by atoms with Gasteiger partial charge in [0, 0.05) is 453 Å². The molecule has 35 nitrogen and oxygen atoms in total. The molecule has 47 heteroatoms. The van der Waals surface area contributed by atoms with Gasteiger partial charge in [-0.3, -0.25) is 41.8 Å². The van der Waals surface area contributed by atoms with Crippen LogP contribution in [0.5, 0.6) is 0 Å². The van der Waals surface area contributed by atoms with E-state index in [0.29, 0.717) is 198 Å². The quantitative estimate of drug-likeness (QED) is 0.0376. The van der Waals surface area contributed by atoms with Crippen molar-refractivity contribution in [1.29, 1.82) is 0 Å². The van der Waals surface area contributed by atoms with Gasteiger partial charge in [0.25, 0.3) is 0 Å². The molecule has 0 aliphatic carbocycles. The molecule has 846 valence electrons. The molecule has 0 heterocycles. The minimum Gasteiger partial charge on any atom is -0.382 e. The first-order valence-electron chi connectivity index (χ1n) is 47.8. The average Bonchev–Trinajstić information content (AvgIpc) is 0.869. The van der Waals surface area contributed by atoms with Crippen LogP contribution in [0, 0.1) is 5.41 Å². The largest absolute Gasteiger partial charge is 0.382 e. The molecular formula is C94H215N3O32P6Y6. The molecule has 0 rings (SSSR count). The zero-order chi connectivity index (χ0) is 97.6. The van der Waals surface area contributed by atoms with Gasteiger partial charge in [0.2, 0.25) is 17.7 Å². The second-order valence-electron chi connectivity index (χ2n) is 29.4. The summed E-state index contributed by atoms with van der Waals surface area (Å²) >= 11 is 0. The van der Waals surface area contributed by atoms with Crippen LogP contribution in [0.1, 0.15) is 276 Å². The Morgan fingerprint density at radius 1 is 0.248 bits per heavy atom. The predicted octanol–water partition coefficient (Wildman–Crippen LogP) is 19.7. The van der Waals surface area contributed by atoms with Crippen molar-refractivity contribution < 1.29 is 346 Å². The van der Waals surface area contributed by atoms with Gasteiger partial charge in [0.15, 0.2) is 48.2 Å². The van der Waals surface area contributed by atoms with E-state index in [9.17, 15) is 41.8 Å². The molecule has 0 aromatic heterocycles. The van der Waals surface area contributed by atoms with Crippen molar-refractivity contribution in [2.45, 2.75) is 306 Å². The minimum atomic E-state index is -2.17. The van der Waals surface area contributed by atoms with Gasteiger partial charge in [-0.05, 0) is 219 Å². The number of unbranched alkanes of at least 4 members (excludes halogenated alkanes) is 2. The van der Waals surface area contributed by atoms with E-state index in [4.69, 9.17) is 108 Å². The number of amides is 3. The SMILES string of the molecule is C.C.C.C.C.C.CCOCC(COCC)O[PH](C)=O.CCOCCCC(CCCOCC)(CCCOCC)NC(=O)CO[PH](C)=O.CCOCCCC(CCCOCC)O[PH](C)=O.CCOCCCC(COCC)O[PH](C)=O.CCOCCCCC(=O)NCC(CNC(=O)CCCCOCC)O[PH](C)=O.CCOCCCOCC(COCCCOCC)(COCCCOCC)CO[PH](C)=O.[Y].[Y].[Y].[Y].[Y].[Y]. The first-order valence-corrected chi connectivity index (χ1v) is 58.7. The zero-order valence-corrected chi connectivity index (χ0v) is 111. The van der Waals surface area contributed by atoms with Crippen LogP contribution >= 0.6 is 48.2 Å². The predicted molar refractivity (Wildman–Crippen MR) is 561 cm³/mol. The van der Waals surface area contributed by atoms with Crippen molar-refractivity contribution in [3.8, 4) is 0 Å². The summed E-state index contributed by atoms with van der Waals surface area (Å²) in [7, 11) is -12.0. The molecular weight excluding hydrogens is 2400 g/mol. The summed E-state index contributed by atoms with van der Waals surface area (Å²) in [5.74, 6) is -0.393. The molecule has 0 saturated carbocycles. The fraction of sp³-hybridized carbons (Fsp3) is 0.968. The molecule has 7 atom stereocenters. The second-order valence-corrected chi connectivity index (χ2v) is 36.9. The van der Waals surface area contributed by atoms with E-state index in [2.05, 4.69) is 16.0 Å². The van der Waals surface area contributed by atoms with E-state index in [-0.39, 0.29) is 309 Å². The molecule has 0 aromatic rings. The number of hydrogen-bond acceptors (Lipinski definition) is 32. The molecule has 141 heavy (non-hydrogen) atoms. The number of carbonyl (C=O) groups excluding carboxylic acids is 3. The number of carbonyl (C=O) groups is 3. The molecule has 0 aliphatic rings. The Hall–Kier alpha value is 5.49. The minimum absolute atomic E-state index is 0. The second kappa shape index (κ2) is 152. The van der Waals surface area contributed by atoms with Crippen LogP contribution in [0.25, 0.3) is 0 Å². The number of nitrogens with one attached hydrogen (secondary N) is 3. The summed E-state index contributed by atoms with van der Waals surface area (Å²) < 4.78 is 191. The van der Waals surface area contributed by atoms with E-state index < -0.39 is 59.7 Å². The van der Waals surface area contributed by atoms with Gasteiger partial charge in [0.05, 0.1) is 70.0 Å². The Balaban J connectivity index is -0.0000000808. The molecule has 3 N–H and O–H groups in total. The molecule has 0 fully saturated rings.